The van der Waals surface area contributed by atoms with E-state index in [1.807, 2.05) is 0 Å². The largest absolute Gasteiger partial charge is 0.491 e. The molecule has 0 radical (unpaired) electrons. The van der Waals surface area contributed by atoms with Crippen molar-refractivity contribution in [1.29, 1.82) is 0 Å². The molecule has 0 spiro atoms. The average molecular weight is 387 g/mol. The zero-order valence-corrected chi connectivity index (χ0v) is 13.2. The summed E-state index contributed by atoms with van der Waals surface area (Å²) < 4.78 is 28.8. The van der Waals surface area contributed by atoms with Crippen LogP contribution in [-0.2, 0) is 9.84 Å². The average Bonchev–Trinajstić information content (AvgIpc) is 2.13. The van der Waals surface area contributed by atoms with Gasteiger partial charge in [-0.05, 0) is 50.4 Å². The van der Waals surface area contributed by atoms with Gasteiger partial charge in [0.05, 0.1) is 21.3 Å². The Morgan fingerprint density at radius 2 is 1.82 bits per heavy atom. The molecule has 1 aromatic rings. The van der Waals surface area contributed by atoms with Crippen molar-refractivity contribution in [3.05, 3.63) is 21.1 Å². The topological polar surface area (TPSA) is 69.4 Å². The minimum Gasteiger partial charge on any atom is -0.491 e. The molecule has 4 nitrogen and oxygen atoms in total. The number of hydrogen-bond acceptors (Lipinski definition) is 4. The summed E-state index contributed by atoms with van der Waals surface area (Å²) in [7, 11) is -2.93. The maximum absolute atomic E-state index is 10.9. The van der Waals surface area contributed by atoms with Crippen LogP contribution < -0.4 is 10.5 Å². The van der Waals surface area contributed by atoms with Crippen molar-refractivity contribution in [2.24, 2.45) is 0 Å². The number of nitrogens with two attached hydrogens (primary N) is 1. The van der Waals surface area contributed by atoms with Crippen LogP contribution in [0, 0.1) is 0 Å². The summed E-state index contributed by atoms with van der Waals surface area (Å²) >= 11 is 6.67. The van der Waals surface area contributed by atoms with Gasteiger partial charge in [-0.15, -0.1) is 0 Å². The molecule has 17 heavy (non-hydrogen) atoms. The molecule has 0 bridgehead atoms. The van der Waals surface area contributed by atoms with Crippen LogP contribution in [-0.4, -0.2) is 27.0 Å². The normalized spacial score (nSPS) is 11.5. The van der Waals surface area contributed by atoms with Crippen molar-refractivity contribution in [2.75, 3.05) is 24.3 Å². The lowest BCUT2D eigenvalue weighted by atomic mass is 10.3. The summed E-state index contributed by atoms with van der Waals surface area (Å²) in [6, 6.07) is 3.47. The Bertz CT molecular complexity index is 479. The van der Waals surface area contributed by atoms with Gasteiger partial charge in [0.2, 0.25) is 0 Å². The van der Waals surface area contributed by atoms with E-state index < -0.39 is 9.84 Å². The van der Waals surface area contributed by atoms with Crippen molar-refractivity contribution < 1.29 is 13.2 Å². The monoisotopic (exact) mass is 385 g/mol. The maximum atomic E-state index is 10.9. The molecule has 1 aromatic carbocycles. The van der Waals surface area contributed by atoms with Crippen molar-refractivity contribution >= 4 is 47.4 Å². The lowest BCUT2D eigenvalue weighted by Gasteiger charge is -2.10. The van der Waals surface area contributed by atoms with Crippen molar-refractivity contribution in [2.45, 2.75) is 6.42 Å². The van der Waals surface area contributed by atoms with Gasteiger partial charge in [-0.3, -0.25) is 0 Å². The molecule has 7 heteroatoms. The first kappa shape index (κ1) is 14.8. The minimum atomic E-state index is -2.93. The fourth-order valence-electron chi connectivity index (χ4n) is 1.21. The second-order valence-corrected chi connectivity index (χ2v) is 7.61. The number of rotatable bonds is 5. The molecule has 96 valence electrons. The van der Waals surface area contributed by atoms with E-state index in [1.165, 1.54) is 6.26 Å². The van der Waals surface area contributed by atoms with Crippen LogP contribution in [0.25, 0.3) is 0 Å². The van der Waals surface area contributed by atoms with Gasteiger partial charge in [0, 0.05) is 11.9 Å². The smallest absolute Gasteiger partial charge is 0.147 e. The predicted octanol–water partition coefficient (Wildman–Crippen LogP) is 2.61. The third kappa shape index (κ3) is 5.27. The second-order valence-electron chi connectivity index (χ2n) is 3.65. The molecule has 0 aliphatic rings. The van der Waals surface area contributed by atoms with Crippen LogP contribution in [0.15, 0.2) is 21.1 Å². The molecule has 0 saturated heterocycles. The zero-order valence-electron chi connectivity index (χ0n) is 9.24. The van der Waals surface area contributed by atoms with Crippen LogP contribution in [0.1, 0.15) is 6.42 Å². The summed E-state index contributed by atoms with van der Waals surface area (Å²) in [5, 5.41) is 0. The van der Waals surface area contributed by atoms with Gasteiger partial charge in [-0.2, -0.15) is 0 Å². The first-order chi connectivity index (χ1) is 7.79. The van der Waals surface area contributed by atoms with Crippen LogP contribution in [0.3, 0.4) is 0 Å². The molecule has 0 aliphatic heterocycles. The van der Waals surface area contributed by atoms with Gasteiger partial charge in [0.15, 0.2) is 0 Å². The Balaban J connectivity index is 2.58. The van der Waals surface area contributed by atoms with E-state index in [4.69, 9.17) is 10.5 Å². The van der Waals surface area contributed by atoms with E-state index >= 15 is 0 Å². The number of ether oxygens (including phenoxy) is 1. The highest BCUT2D eigenvalue weighted by atomic mass is 79.9. The van der Waals surface area contributed by atoms with Gasteiger partial charge in [-0.1, -0.05) is 0 Å². The Labute approximate surface area is 118 Å². The van der Waals surface area contributed by atoms with Gasteiger partial charge in [0.1, 0.15) is 15.6 Å². The van der Waals surface area contributed by atoms with E-state index in [9.17, 15) is 8.42 Å². The third-order valence-electron chi connectivity index (χ3n) is 1.93. The number of benzene rings is 1. The zero-order chi connectivity index (χ0) is 13.1. The highest BCUT2D eigenvalue weighted by Gasteiger charge is 2.08. The summed E-state index contributed by atoms with van der Waals surface area (Å²) in [5.41, 5.74) is 6.26. The summed E-state index contributed by atoms with van der Waals surface area (Å²) in [6.07, 6.45) is 1.67. The maximum Gasteiger partial charge on any atom is 0.147 e. The van der Waals surface area contributed by atoms with Gasteiger partial charge >= 0.3 is 0 Å². The number of halogens is 2. The summed E-state index contributed by atoms with van der Waals surface area (Å²) in [4.78, 5) is 0. The molecule has 0 fully saturated rings. The Morgan fingerprint density at radius 3 is 2.29 bits per heavy atom. The fourth-order valence-corrected chi connectivity index (χ4v) is 3.31. The Kier molecular flexibility index (Phi) is 5.27. The summed E-state index contributed by atoms with van der Waals surface area (Å²) in [6.45, 7) is 0.341. The molecule has 1 rings (SSSR count). The van der Waals surface area contributed by atoms with Gasteiger partial charge < -0.3 is 10.5 Å². The molecule has 0 heterocycles. The molecule has 2 N–H and O–H groups in total. The van der Waals surface area contributed by atoms with Crippen LogP contribution in [0.5, 0.6) is 5.75 Å². The van der Waals surface area contributed by atoms with Crippen LogP contribution >= 0.6 is 31.9 Å². The molecule has 0 aromatic heterocycles. The molecular weight excluding hydrogens is 374 g/mol. The van der Waals surface area contributed by atoms with E-state index in [0.717, 1.165) is 8.95 Å². The summed E-state index contributed by atoms with van der Waals surface area (Å²) in [5.74, 6) is 0.754. The SMILES string of the molecule is CS(=O)(=O)CCCOc1c(Br)cc(N)cc1Br. The number of hydrogen-bond donors (Lipinski definition) is 1. The highest BCUT2D eigenvalue weighted by Crippen LogP contribution is 2.35. The van der Waals surface area contributed by atoms with E-state index in [-0.39, 0.29) is 5.75 Å². The van der Waals surface area contributed by atoms with E-state index in [0.29, 0.717) is 24.5 Å². The number of sulfone groups is 1. The van der Waals surface area contributed by atoms with Crippen LogP contribution in [0.2, 0.25) is 0 Å². The highest BCUT2D eigenvalue weighted by molar-refractivity contribution is 9.11. The van der Waals surface area contributed by atoms with E-state index in [2.05, 4.69) is 31.9 Å². The molecule has 0 saturated carbocycles. The molecular formula is C10H13Br2NO3S. The van der Waals surface area contributed by atoms with E-state index in [1.54, 1.807) is 12.1 Å². The first-order valence-electron chi connectivity index (χ1n) is 4.84. The van der Waals surface area contributed by atoms with Crippen molar-refractivity contribution in [3.8, 4) is 5.75 Å². The molecule has 0 unspecified atom stereocenters. The van der Waals surface area contributed by atoms with Crippen molar-refractivity contribution in [3.63, 3.8) is 0 Å². The quantitative estimate of drug-likeness (QED) is 0.623. The van der Waals surface area contributed by atoms with Gasteiger partial charge in [0.25, 0.3) is 0 Å². The number of anilines is 1. The van der Waals surface area contributed by atoms with Crippen molar-refractivity contribution in [1.82, 2.24) is 0 Å². The molecule has 0 amide bonds. The third-order valence-corrected chi connectivity index (χ3v) is 4.13. The Hall–Kier alpha value is -0.270. The molecule has 0 atom stereocenters. The lowest BCUT2D eigenvalue weighted by molar-refractivity contribution is 0.314. The first-order valence-corrected chi connectivity index (χ1v) is 8.49. The minimum absolute atomic E-state index is 0.122. The van der Waals surface area contributed by atoms with Gasteiger partial charge in [-0.25, -0.2) is 8.42 Å². The molecule has 0 aliphatic carbocycles. The lowest BCUT2D eigenvalue weighted by Crippen LogP contribution is -2.08. The standard InChI is InChI=1S/C10H13Br2NO3S/c1-17(14,15)4-2-3-16-10-8(11)5-7(13)6-9(10)12/h5-6H,2-4,13H2,1H3. The second kappa shape index (κ2) is 6.06. The van der Waals surface area contributed by atoms with Crippen LogP contribution in [0.4, 0.5) is 5.69 Å². The predicted molar refractivity (Wildman–Crippen MR) is 76.1 cm³/mol. The fraction of sp³-hybridized carbons (Fsp3) is 0.400. The Morgan fingerprint density at radius 1 is 1.29 bits per heavy atom. The number of nitrogen functional groups attached to an aromatic ring is 1.